The SMILES string of the molecule is CN1CCCN(CCC2CSCCN2)CC1. The van der Waals surface area contributed by atoms with Crippen molar-refractivity contribution >= 4 is 11.8 Å². The quantitative estimate of drug-likeness (QED) is 0.787. The molecule has 94 valence electrons. The summed E-state index contributed by atoms with van der Waals surface area (Å²) in [5.74, 6) is 2.61. The van der Waals surface area contributed by atoms with Crippen molar-refractivity contribution in [2.45, 2.75) is 18.9 Å². The molecule has 2 aliphatic heterocycles. The third-order valence-electron chi connectivity index (χ3n) is 3.60. The van der Waals surface area contributed by atoms with Crippen LogP contribution in [-0.2, 0) is 0 Å². The lowest BCUT2D eigenvalue weighted by Crippen LogP contribution is -2.40. The molecule has 2 aliphatic rings. The van der Waals surface area contributed by atoms with E-state index in [-0.39, 0.29) is 0 Å². The molecule has 0 aromatic carbocycles. The van der Waals surface area contributed by atoms with Gasteiger partial charge in [-0.15, -0.1) is 0 Å². The van der Waals surface area contributed by atoms with E-state index in [9.17, 15) is 0 Å². The third kappa shape index (κ3) is 4.24. The van der Waals surface area contributed by atoms with Gasteiger partial charge in [0.25, 0.3) is 0 Å². The fourth-order valence-corrected chi connectivity index (χ4v) is 3.47. The lowest BCUT2D eigenvalue weighted by molar-refractivity contribution is 0.263. The summed E-state index contributed by atoms with van der Waals surface area (Å²) in [7, 11) is 2.24. The maximum absolute atomic E-state index is 3.63. The molecule has 0 bridgehead atoms. The summed E-state index contributed by atoms with van der Waals surface area (Å²) in [4.78, 5) is 5.10. The highest BCUT2D eigenvalue weighted by Gasteiger charge is 2.16. The Kier molecular flexibility index (Phi) is 5.42. The second-order valence-corrected chi connectivity index (χ2v) is 6.16. The molecular formula is C12H25N3S. The minimum atomic E-state index is 0.764. The van der Waals surface area contributed by atoms with Crippen LogP contribution in [0.25, 0.3) is 0 Å². The van der Waals surface area contributed by atoms with E-state index in [2.05, 4.69) is 33.9 Å². The van der Waals surface area contributed by atoms with E-state index in [0.717, 1.165) is 6.04 Å². The Morgan fingerprint density at radius 3 is 3.00 bits per heavy atom. The van der Waals surface area contributed by atoms with Crippen molar-refractivity contribution in [2.75, 3.05) is 57.8 Å². The summed E-state index contributed by atoms with van der Waals surface area (Å²) < 4.78 is 0. The monoisotopic (exact) mass is 243 g/mol. The minimum Gasteiger partial charge on any atom is -0.312 e. The van der Waals surface area contributed by atoms with Crippen LogP contribution in [0.15, 0.2) is 0 Å². The van der Waals surface area contributed by atoms with Crippen molar-refractivity contribution in [1.82, 2.24) is 15.1 Å². The van der Waals surface area contributed by atoms with Gasteiger partial charge in [0.05, 0.1) is 0 Å². The van der Waals surface area contributed by atoms with Crippen molar-refractivity contribution in [3.63, 3.8) is 0 Å². The molecule has 2 fully saturated rings. The first-order valence-electron chi connectivity index (χ1n) is 6.56. The van der Waals surface area contributed by atoms with Gasteiger partial charge < -0.3 is 15.1 Å². The van der Waals surface area contributed by atoms with Gasteiger partial charge in [-0.1, -0.05) is 0 Å². The smallest absolute Gasteiger partial charge is 0.0170 e. The normalized spacial score (nSPS) is 30.2. The number of rotatable bonds is 3. The van der Waals surface area contributed by atoms with Gasteiger partial charge in [0.15, 0.2) is 0 Å². The molecule has 0 saturated carbocycles. The maximum Gasteiger partial charge on any atom is 0.0170 e. The highest BCUT2D eigenvalue weighted by molar-refractivity contribution is 7.99. The van der Waals surface area contributed by atoms with Crippen LogP contribution in [-0.4, -0.2) is 73.7 Å². The molecule has 2 heterocycles. The van der Waals surface area contributed by atoms with Gasteiger partial charge in [-0.2, -0.15) is 11.8 Å². The average Bonchev–Trinajstić information content (AvgIpc) is 2.53. The summed E-state index contributed by atoms with van der Waals surface area (Å²) in [5, 5.41) is 3.63. The molecule has 0 aromatic heterocycles. The molecule has 0 radical (unpaired) electrons. The first-order chi connectivity index (χ1) is 7.84. The Morgan fingerprint density at radius 2 is 2.19 bits per heavy atom. The predicted molar refractivity (Wildman–Crippen MR) is 72.3 cm³/mol. The van der Waals surface area contributed by atoms with E-state index >= 15 is 0 Å². The van der Waals surface area contributed by atoms with Crippen LogP contribution in [0.1, 0.15) is 12.8 Å². The fraction of sp³-hybridized carbons (Fsp3) is 1.00. The average molecular weight is 243 g/mol. The lowest BCUT2D eigenvalue weighted by atomic mass is 10.2. The van der Waals surface area contributed by atoms with Crippen LogP contribution in [0.3, 0.4) is 0 Å². The van der Waals surface area contributed by atoms with Gasteiger partial charge in [-0.05, 0) is 39.5 Å². The second kappa shape index (κ2) is 6.84. The molecule has 3 nitrogen and oxygen atoms in total. The summed E-state index contributed by atoms with van der Waals surface area (Å²) >= 11 is 2.10. The molecule has 1 N–H and O–H groups in total. The summed E-state index contributed by atoms with van der Waals surface area (Å²) in [6.45, 7) is 7.56. The van der Waals surface area contributed by atoms with Crippen LogP contribution in [0, 0.1) is 0 Å². The molecule has 16 heavy (non-hydrogen) atoms. The molecule has 1 atom stereocenters. The van der Waals surface area contributed by atoms with Gasteiger partial charge >= 0.3 is 0 Å². The molecule has 4 heteroatoms. The van der Waals surface area contributed by atoms with E-state index in [1.165, 1.54) is 63.6 Å². The van der Waals surface area contributed by atoms with E-state index in [4.69, 9.17) is 0 Å². The topological polar surface area (TPSA) is 18.5 Å². The number of nitrogens with one attached hydrogen (secondary N) is 1. The van der Waals surface area contributed by atoms with Gasteiger partial charge in [0.1, 0.15) is 0 Å². The molecule has 2 saturated heterocycles. The van der Waals surface area contributed by atoms with E-state index in [0.29, 0.717) is 0 Å². The van der Waals surface area contributed by atoms with Crippen molar-refractivity contribution < 1.29 is 0 Å². The minimum absolute atomic E-state index is 0.764. The van der Waals surface area contributed by atoms with Crippen LogP contribution in [0.5, 0.6) is 0 Å². The van der Waals surface area contributed by atoms with Gasteiger partial charge in [-0.3, -0.25) is 0 Å². The zero-order valence-corrected chi connectivity index (χ0v) is 11.3. The highest BCUT2D eigenvalue weighted by atomic mass is 32.2. The molecule has 0 aliphatic carbocycles. The zero-order chi connectivity index (χ0) is 11.2. The number of hydrogen-bond acceptors (Lipinski definition) is 4. The Hall–Kier alpha value is 0.230. The summed E-state index contributed by atoms with van der Waals surface area (Å²) in [5.41, 5.74) is 0. The predicted octanol–water partition coefficient (Wildman–Crippen LogP) is 0.719. The van der Waals surface area contributed by atoms with Crippen molar-refractivity contribution in [1.29, 1.82) is 0 Å². The van der Waals surface area contributed by atoms with Crippen LogP contribution in [0.2, 0.25) is 0 Å². The van der Waals surface area contributed by atoms with E-state index in [1.54, 1.807) is 0 Å². The molecule has 2 rings (SSSR count). The van der Waals surface area contributed by atoms with E-state index < -0.39 is 0 Å². The van der Waals surface area contributed by atoms with Crippen LogP contribution >= 0.6 is 11.8 Å². The molecule has 0 spiro atoms. The highest BCUT2D eigenvalue weighted by Crippen LogP contribution is 2.11. The Bertz CT molecular complexity index is 195. The second-order valence-electron chi connectivity index (χ2n) is 5.01. The van der Waals surface area contributed by atoms with Crippen molar-refractivity contribution in [3.8, 4) is 0 Å². The summed E-state index contributed by atoms with van der Waals surface area (Å²) in [6.07, 6.45) is 2.67. The number of thioether (sulfide) groups is 1. The van der Waals surface area contributed by atoms with Crippen LogP contribution < -0.4 is 5.32 Å². The third-order valence-corrected chi connectivity index (χ3v) is 4.74. The van der Waals surface area contributed by atoms with Gasteiger partial charge in [0.2, 0.25) is 0 Å². The number of hydrogen-bond donors (Lipinski definition) is 1. The number of likely N-dealkylation sites (N-methyl/N-ethyl adjacent to an activating group) is 1. The maximum atomic E-state index is 3.63. The first-order valence-corrected chi connectivity index (χ1v) is 7.72. The molecule has 0 aromatic rings. The van der Waals surface area contributed by atoms with Gasteiger partial charge in [-0.25, -0.2) is 0 Å². The van der Waals surface area contributed by atoms with Crippen LogP contribution in [0.4, 0.5) is 0 Å². The molecule has 1 unspecified atom stereocenters. The first kappa shape index (κ1) is 12.7. The standard InChI is InChI=1S/C12H25N3S/c1-14-5-2-6-15(9-8-14)7-3-12-11-16-10-4-13-12/h12-13H,2-11H2,1H3. The largest absolute Gasteiger partial charge is 0.312 e. The van der Waals surface area contributed by atoms with Gasteiger partial charge in [0, 0.05) is 37.2 Å². The fourth-order valence-electron chi connectivity index (χ4n) is 2.47. The molecular weight excluding hydrogens is 218 g/mol. The molecule has 0 amide bonds. The zero-order valence-electron chi connectivity index (χ0n) is 10.5. The lowest BCUT2D eigenvalue weighted by Gasteiger charge is -2.26. The Morgan fingerprint density at radius 1 is 1.25 bits per heavy atom. The Labute approximate surface area is 104 Å². The van der Waals surface area contributed by atoms with Crippen molar-refractivity contribution in [2.24, 2.45) is 0 Å². The van der Waals surface area contributed by atoms with E-state index in [1.807, 2.05) is 0 Å². The van der Waals surface area contributed by atoms with Crippen molar-refractivity contribution in [3.05, 3.63) is 0 Å². The number of nitrogens with zero attached hydrogens (tertiary/aromatic N) is 2. The summed E-state index contributed by atoms with van der Waals surface area (Å²) in [6, 6.07) is 0.764. The Balaban J connectivity index is 1.64.